The summed E-state index contributed by atoms with van der Waals surface area (Å²) < 4.78 is 0. The van der Waals surface area contributed by atoms with Gasteiger partial charge < -0.3 is 5.32 Å². The minimum atomic E-state index is 0.120. The van der Waals surface area contributed by atoms with Crippen molar-refractivity contribution in [2.45, 2.75) is 51.9 Å². The maximum Gasteiger partial charge on any atom is 0.244 e. The second-order valence-corrected chi connectivity index (χ2v) is 6.24. The van der Waals surface area contributed by atoms with Gasteiger partial charge in [-0.3, -0.25) is 14.8 Å². The van der Waals surface area contributed by atoms with Gasteiger partial charge in [0.25, 0.3) is 0 Å². The molecule has 0 aromatic rings. The van der Waals surface area contributed by atoms with Gasteiger partial charge in [-0.05, 0) is 57.7 Å². The molecule has 0 aromatic heterocycles. The van der Waals surface area contributed by atoms with E-state index in [1.54, 1.807) is 10.6 Å². The average molecular weight is 321 g/mol. The summed E-state index contributed by atoms with van der Waals surface area (Å²) in [5.41, 5.74) is 1.55. The standard InChI is InChI=1S/C17H27N3OS/c1-2-3-10-16(21)19-13-7-14-20(19)17(22)18-12-11-15-8-5-4-6-9-15/h2-3,8H,4-7,9-14H2,1H3,(H,18,22). The highest BCUT2D eigenvalue weighted by Crippen LogP contribution is 2.19. The van der Waals surface area contributed by atoms with Crippen LogP contribution in [-0.4, -0.2) is 40.7 Å². The summed E-state index contributed by atoms with van der Waals surface area (Å²) in [6, 6.07) is 0. The minimum Gasteiger partial charge on any atom is -0.361 e. The molecular weight excluding hydrogens is 294 g/mol. The number of nitrogens with one attached hydrogen (secondary N) is 1. The van der Waals surface area contributed by atoms with Crippen LogP contribution in [0, 0.1) is 0 Å². The summed E-state index contributed by atoms with van der Waals surface area (Å²) in [6.07, 6.45) is 13.7. The van der Waals surface area contributed by atoms with Crippen molar-refractivity contribution < 1.29 is 4.79 Å². The van der Waals surface area contributed by atoms with Crippen molar-refractivity contribution in [2.75, 3.05) is 19.6 Å². The first-order valence-electron chi connectivity index (χ1n) is 8.37. The van der Waals surface area contributed by atoms with Gasteiger partial charge in [-0.2, -0.15) is 0 Å². The molecule has 2 rings (SSSR count). The molecule has 1 fully saturated rings. The Hall–Kier alpha value is -1.36. The van der Waals surface area contributed by atoms with E-state index in [-0.39, 0.29) is 5.91 Å². The molecule has 122 valence electrons. The molecule has 1 saturated heterocycles. The molecule has 0 aromatic carbocycles. The monoisotopic (exact) mass is 321 g/mol. The van der Waals surface area contributed by atoms with E-state index >= 15 is 0 Å². The lowest BCUT2D eigenvalue weighted by molar-refractivity contribution is -0.137. The number of rotatable bonds is 5. The maximum atomic E-state index is 12.2. The van der Waals surface area contributed by atoms with Crippen LogP contribution in [0.1, 0.15) is 51.9 Å². The number of carbonyl (C=O) groups excluding carboxylic acids is 1. The fourth-order valence-corrected chi connectivity index (χ4v) is 3.25. The van der Waals surface area contributed by atoms with Gasteiger partial charge in [0.15, 0.2) is 5.11 Å². The van der Waals surface area contributed by atoms with Crippen molar-refractivity contribution in [3.05, 3.63) is 23.8 Å². The molecule has 1 amide bonds. The highest BCUT2D eigenvalue weighted by Gasteiger charge is 2.27. The Morgan fingerprint density at radius 1 is 1.32 bits per heavy atom. The number of hydrazine groups is 1. The van der Waals surface area contributed by atoms with E-state index in [4.69, 9.17) is 12.2 Å². The summed E-state index contributed by atoms with van der Waals surface area (Å²) in [4.78, 5) is 12.2. The Bertz CT molecular complexity index is 459. The van der Waals surface area contributed by atoms with Crippen LogP contribution in [0.4, 0.5) is 0 Å². The highest BCUT2D eigenvalue weighted by atomic mass is 32.1. The maximum absolute atomic E-state index is 12.2. The number of allylic oxidation sites excluding steroid dienone is 2. The van der Waals surface area contributed by atoms with Crippen LogP contribution in [0.25, 0.3) is 0 Å². The van der Waals surface area contributed by atoms with Crippen LogP contribution in [0.3, 0.4) is 0 Å². The topological polar surface area (TPSA) is 35.6 Å². The molecule has 0 spiro atoms. The molecule has 1 aliphatic heterocycles. The largest absolute Gasteiger partial charge is 0.361 e. The third kappa shape index (κ3) is 4.83. The fourth-order valence-electron chi connectivity index (χ4n) is 2.96. The van der Waals surface area contributed by atoms with Crippen LogP contribution in [0.15, 0.2) is 23.8 Å². The van der Waals surface area contributed by atoms with E-state index < -0.39 is 0 Å². The first kappa shape index (κ1) is 17.0. The molecule has 0 atom stereocenters. The molecular formula is C17H27N3OS. The summed E-state index contributed by atoms with van der Waals surface area (Å²) in [5.74, 6) is 0.120. The predicted molar refractivity (Wildman–Crippen MR) is 94.2 cm³/mol. The van der Waals surface area contributed by atoms with Crippen molar-refractivity contribution in [1.82, 2.24) is 15.3 Å². The van der Waals surface area contributed by atoms with Gasteiger partial charge in [0.1, 0.15) is 0 Å². The second kappa shape index (κ2) is 8.93. The number of nitrogens with zero attached hydrogens (tertiary/aromatic N) is 2. The van der Waals surface area contributed by atoms with Crippen LogP contribution in [0.5, 0.6) is 0 Å². The first-order chi connectivity index (χ1) is 10.7. The molecule has 1 aliphatic carbocycles. The molecule has 0 radical (unpaired) electrons. The molecule has 1 heterocycles. The summed E-state index contributed by atoms with van der Waals surface area (Å²) in [7, 11) is 0. The third-order valence-electron chi connectivity index (χ3n) is 4.19. The molecule has 5 heteroatoms. The lowest BCUT2D eigenvalue weighted by atomic mass is 9.97. The number of hydrogen-bond acceptors (Lipinski definition) is 2. The molecule has 2 aliphatic rings. The zero-order valence-electron chi connectivity index (χ0n) is 13.5. The SMILES string of the molecule is CC=CCC(=O)N1CCCN1C(=S)NCCC1=CCCCC1. The highest BCUT2D eigenvalue weighted by molar-refractivity contribution is 7.80. The number of carbonyl (C=O) groups is 1. The Morgan fingerprint density at radius 2 is 2.14 bits per heavy atom. The Labute approximate surface area is 139 Å². The molecule has 0 saturated carbocycles. The van der Waals surface area contributed by atoms with Gasteiger partial charge in [0, 0.05) is 26.1 Å². The van der Waals surface area contributed by atoms with E-state index in [9.17, 15) is 4.79 Å². The lowest BCUT2D eigenvalue weighted by Crippen LogP contribution is -2.49. The number of thiocarbonyl (C=S) groups is 1. The van der Waals surface area contributed by atoms with Crippen molar-refractivity contribution in [1.29, 1.82) is 0 Å². The fraction of sp³-hybridized carbons (Fsp3) is 0.647. The number of hydrogen-bond donors (Lipinski definition) is 1. The summed E-state index contributed by atoms with van der Waals surface area (Å²) >= 11 is 5.47. The van der Waals surface area contributed by atoms with E-state index in [1.807, 2.05) is 24.1 Å². The molecule has 22 heavy (non-hydrogen) atoms. The predicted octanol–water partition coefficient (Wildman–Crippen LogP) is 3.17. The van der Waals surface area contributed by atoms with Crippen LogP contribution >= 0.6 is 12.2 Å². The van der Waals surface area contributed by atoms with Gasteiger partial charge in [0.05, 0.1) is 0 Å². The summed E-state index contributed by atoms with van der Waals surface area (Å²) in [5, 5.41) is 7.71. The first-order valence-corrected chi connectivity index (χ1v) is 8.78. The normalized spacial score (nSPS) is 18.7. The van der Waals surface area contributed by atoms with Gasteiger partial charge in [-0.25, -0.2) is 0 Å². The zero-order valence-corrected chi connectivity index (χ0v) is 14.3. The van der Waals surface area contributed by atoms with Gasteiger partial charge >= 0.3 is 0 Å². The quantitative estimate of drug-likeness (QED) is 0.623. The van der Waals surface area contributed by atoms with Crippen molar-refractivity contribution in [3.63, 3.8) is 0 Å². The average Bonchev–Trinajstić information content (AvgIpc) is 3.03. The van der Waals surface area contributed by atoms with E-state index in [0.717, 1.165) is 32.5 Å². The molecule has 1 N–H and O–H groups in total. The van der Waals surface area contributed by atoms with Crippen LogP contribution in [0.2, 0.25) is 0 Å². The smallest absolute Gasteiger partial charge is 0.244 e. The number of amides is 1. The Kier molecular flexibility index (Phi) is 6.90. The van der Waals surface area contributed by atoms with E-state index in [2.05, 4.69) is 11.4 Å². The van der Waals surface area contributed by atoms with E-state index in [0.29, 0.717) is 11.5 Å². The molecule has 4 nitrogen and oxygen atoms in total. The minimum absolute atomic E-state index is 0.120. The van der Waals surface area contributed by atoms with Crippen molar-refractivity contribution in [3.8, 4) is 0 Å². The van der Waals surface area contributed by atoms with Crippen molar-refractivity contribution >= 4 is 23.2 Å². The summed E-state index contributed by atoms with van der Waals surface area (Å²) in [6.45, 7) is 4.39. The van der Waals surface area contributed by atoms with Gasteiger partial charge in [0.2, 0.25) is 5.91 Å². The van der Waals surface area contributed by atoms with Crippen LogP contribution in [-0.2, 0) is 4.79 Å². The van der Waals surface area contributed by atoms with Crippen LogP contribution < -0.4 is 5.32 Å². The van der Waals surface area contributed by atoms with Crippen molar-refractivity contribution in [2.24, 2.45) is 0 Å². The Morgan fingerprint density at radius 3 is 2.86 bits per heavy atom. The van der Waals surface area contributed by atoms with E-state index in [1.165, 1.54) is 25.7 Å². The van der Waals surface area contributed by atoms with Gasteiger partial charge in [-0.1, -0.05) is 23.8 Å². The Balaban J connectivity index is 1.77. The zero-order chi connectivity index (χ0) is 15.8. The lowest BCUT2D eigenvalue weighted by Gasteiger charge is -2.30. The molecule has 0 unspecified atom stereocenters. The third-order valence-corrected chi connectivity index (χ3v) is 4.54. The van der Waals surface area contributed by atoms with Gasteiger partial charge in [-0.15, -0.1) is 0 Å². The molecule has 0 bridgehead atoms. The second-order valence-electron chi connectivity index (χ2n) is 5.86.